The van der Waals surface area contributed by atoms with Crippen molar-refractivity contribution in [3.8, 4) is 0 Å². The van der Waals surface area contributed by atoms with Crippen molar-refractivity contribution in [1.29, 1.82) is 0 Å². The predicted molar refractivity (Wildman–Crippen MR) is 74.9 cm³/mol. The first-order valence-corrected chi connectivity index (χ1v) is 7.54. The zero-order chi connectivity index (χ0) is 13.5. The molecule has 0 amide bonds. The number of fused-ring (bicyclic) bond motifs is 3. The van der Waals surface area contributed by atoms with Crippen LogP contribution in [0.3, 0.4) is 0 Å². The molecule has 1 aromatic rings. The highest BCUT2D eigenvalue weighted by Crippen LogP contribution is 2.37. The summed E-state index contributed by atoms with van der Waals surface area (Å²) in [7, 11) is 0. The van der Waals surface area contributed by atoms with Crippen molar-refractivity contribution in [2.24, 2.45) is 4.99 Å². The Morgan fingerprint density at radius 1 is 1.20 bits per heavy atom. The maximum absolute atomic E-state index is 13.1. The zero-order valence-electron chi connectivity index (χ0n) is 11.4. The number of halogens is 1. The lowest BCUT2D eigenvalue weighted by molar-refractivity contribution is 0.185. The third kappa shape index (κ3) is 1.87. The van der Waals surface area contributed by atoms with E-state index in [1.807, 2.05) is 6.07 Å². The molecule has 3 heterocycles. The normalized spacial score (nSPS) is 32.1. The van der Waals surface area contributed by atoms with E-state index in [4.69, 9.17) is 0 Å². The fourth-order valence-corrected chi connectivity index (χ4v) is 3.82. The Morgan fingerprint density at radius 3 is 2.95 bits per heavy atom. The third-order valence-corrected chi connectivity index (χ3v) is 4.74. The molecule has 106 valence electrons. The minimum atomic E-state index is -0.270. The Morgan fingerprint density at radius 2 is 2.10 bits per heavy atom. The number of aromatic nitrogens is 1. The van der Waals surface area contributed by atoms with Crippen molar-refractivity contribution in [2.75, 3.05) is 6.54 Å². The highest BCUT2D eigenvalue weighted by atomic mass is 19.1. The SMILES string of the molecule is Fc1ccc(C2CCN=C3NC4CCCCC4N32)nc1. The van der Waals surface area contributed by atoms with E-state index in [-0.39, 0.29) is 11.9 Å². The lowest BCUT2D eigenvalue weighted by Crippen LogP contribution is -2.43. The second-order valence-corrected chi connectivity index (χ2v) is 5.92. The lowest BCUT2D eigenvalue weighted by Gasteiger charge is -2.38. The molecule has 0 bridgehead atoms. The van der Waals surface area contributed by atoms with Gasteiger partial charge in [-0.25, -0.2) is 4.39 Å². The molecule has 2 fully saturated rings. The predicted octanol–water partition coefficient (Wildman–Crippen LogP) is 2.24. The van der Waals surface area contributed by atoms with Crippen LogP contribution in [0.2, 0.25) is 0 Å². The van der Waals surface area contributed by atoms with Crippen LogP contribution in [0, 0.1) is 5.82 Å². The van der Waals surface area contributed by atoms with E-state index < -0.39 is 0 Å². The molecule has 4 rings (SSSR count). The van der Waals surface area contributed by atoms with Crippen molar-refractivity contribution in [3.05, 3.63) is 29.8 Å². The van der Waals surface area contributed by atoms with E-state index >= 15 is 0 Å². The summed E-state index contributed by atoms with van der Waals surface area (Å²) < 4.78 is 13.1. The number of pyridine rings is 1. The Hall–Kier alpha value is -1.65. The fraction of sp³-hybridized carbons (Fsp3) is 0.600. The van der Waals surface area contributed by atoms with Crippen LogP contribution < -0.4 is 5.32 Å². The van der Waals surface area contributed by atoms with Gasteiger partial charge in [0, 0.05) is 12.6 Å². The van der Waals surface area contributed by atoms with Gasteiger partial charge in [-0.2, -0.15) is 0 Å². The van der Waals surface area contributed by atoms with Gasteiger partial charge in [0.2, 0.25) is 0 Å². The number of hydrogen-bond acceptors (Lipinski definition) is 4. The van der Waals surface area contributed by atoms with Gasteiger partial charge >= 0.3 is 0 Å². The van der Waals surface area contributed by atoms with Gasteiger partial charge < -0.3 is 10.2 Å². The summed E-state index contributed by atoms with van der Waals surface area (Å²) >= 11 is 0. The van der Waals surface area contributed by atoms with Crippen LogP contribution in [-0.4, -0.2) is 34.5 Å². The largest absolute Gasteiger partial charge is 0.351 e. The second kappa shape index (κ2) is 4.72. The molecule has 2 aliphatic heterocycles. The molecule has 1 aliphatic carbocycles. The first-order chi connectivity index (χ1) is 9.83. The number of nitrogens with one attached hydrogen (secondary N) is 1. The van der Waals surface area contributed by atoms with Crippen molar-refractivity contribution < 1.29 is 4.39 Å². The molecule has 0 aromatic carbocycles. The average molecular weight is 274 g/mol. The van der Waals surface area contributed by atoms with Crippen molar-refractivity contribution in [3.63, 3.8) is 0 Å². The zero-order valence-corrected chi connectivity index (χ0v) is 11.4. The highest BCUT2D eigenvalue weighted by molar-refractivity contribution is 5.84. The molecule has 3 unspecified atom stereocenters. The van der Waals surface area contributed by atoms with Crippen LogP contribution in [0.5, 0.6) is 0 Å². The van der Waals surface area contributed by atoms with Gasteiger partial charge in [0.1, 0.15) is 5.82 Å². The standard InChI is InChI=1S/C15H19FN4/c16-10-5-6-11(18-9-10)14-7-8-17-15-19-12-3-1-2-4-13(12)20(14)15/h5-6,9,12-14H,1-4,7-8H2,(H,17,19). The first-order valence-electron chi connectivity index (χ1n) is 7.54. The third-order valence-electron chi connectivity index (χ3n) is 4.74. The van der Waals surface area contributed by atoms with E-state index in [0.29, 0.717) is 12.1 Å². The lowest BCUT2D eigenvalue weighted by atomic mass is 9.89. The molecule has 0 spiro atoms. The molecule has 3 aliphatic rings. The Labute approximate surface area is 118 Å². The van der Waals surface area contributed by atoms with Gasteiger partial charge in [-0.15, -0.1) is 0 Å². The summed E-state index contributed by atoms with van der Waals surface area (Å²) in [5.74, 6) is 0.762. The molecule has 1 saturated heterocycles. The maximum atomic E-state index is 13.1. The van der Waals surface area contributed by atoms with Gasteiger partial charge in [-0.1, -0.05) is 12.8 Å². The number of hydrogen-bond donors (Lipinski definition) is 1. The van der Waals surface area contributed by atoms with Crippen molar-refractivity contribution in [2.45, 2.75) is 50.2 Å². The smallest absolute Gasteiger partial charge is 0.195 e. The Bertz CT molecular complexity index is 527. The molecule has 20 heavy (non-hydrogen) atoms. The van der Waals surface area contributed by atoms with Gasteiger partial charge in [0.15, 0.2) is 5.96 Å². The summed E-state index contributed by atoms with van der Waals surface area (Å²) in [5, 5.41) is 3.58. The average Bonchev–Trinajstić information content (AvgIpc) is 2.86. The highest BCUT2D eigenvalue weighted by Gasteiger charge is 2.44. The summed E-state index contributed by atoms with van der Waals surface area (Å²) in [6.45, 7) is 0.821. The summed E-state index contributed by atoms with van der Waals surface area (Å²) in [6.07, 6.45) is 7.32. The minimum Gasteiger partial charge on any atom is -0.351 e. The minimum absolute atomic E-state index is 0.240. The molecule has 3 atom stereocenters. The fourth-order valence-electron chi connectivity index (χ4n) is 3.82. The Kier molecular flexibility index (Phi) is 2.86. The van der Waals surface area contributed by atoms with E-state index in [1.54, 1.807) is 0 Å². The van der Waals surface area contributed by atoms with Gasteiger partial charge in [-0.05, 0) is 31.4 Å². The van der Waals surface area contributed by atoms with Crippen LogP contribution in [0.1, 0.15) is 43.8 Å². The van der Waals surface area contributed by atoms with E-state index in [9.17, 15) is 4.39 Å². The van der Waals surface area contributed by atoms with Gasteiger partial charge in [-0.3, -0.25) is 9.98 Å². The number of nitrogens with zero attached hydrogens (tertiary/aromatic N) is 3. The second-order valence-electron chi connectivity index (χ2n) is 5.92. The van der Waals surface area contributed by atoms with Crippen molar-refractivity contribution >= 4 is 5.96 Å². The Balaban J connectivity index is 1.67. The van der Waals surface area contributed by atoms with Crippen LogP contribution in [0.4, 0.5) is 4.39 Å². The van der Waals surface area contributed by atoms with Crippen LogP contribution in [0.15, 0.2) is 23.3 Å². The maximum Gasteiger partial charge on any atom is 0.195 e. The molecule has 1 N–H and O–H groups in total. The van der Waals surface area contributed by atoms with Crippen LogP contribution in [0.25, 0.3) is 0 Å². The van der Waals surface area contributed by atoms with E-state index in [2.05, 4.69) is 20.2 Å². The number of aliphatic imine (C=N–C) groups is 1. The molecule has 1 saturated carbocycles. The summed E-state index contributed by atoms with van der Waals surface area (Å²) in [6, 6.07) is 4.63. The monoisotopic (exact) mass is 274 g/mol. The van der Waals surface area contributed by atoms with Gasteiger partial charge in [0.25, 0.3) is 0 Å². The number of rotatable bonds is 1. The topological polar surface area (TPSA) is 40.5 Å². The molecule has 0 radical (unpaired) electrons. The van der Waals surface area contributed by atoms with Gasteiger partial charge in [0.05, 0.1) is 24.0 Å². The summed E-state index contributed by atoms with van der Waals surface area (Å²) in [4.78, 5) is 11.3. The molecule has 4 nitrogen and oxygen atoms in total. The van der Waals surface area contributed by atoms with Crippen molar-refractivity contribution in [1.82, 2.24) is 15.2 Å². The molecular formula is C15H19FN4. The van der Waals surface area contributed by atoms with E-state index in [1.165, 1.54) is 37.9 Å². The first kappa shape index (κ1) is 12.1. The molecule has 1 aromatic heterocycles. The van der Waals surface area contributed by atoms with Crippen LogP contribution in [-0.2, 0) is 0 Å². The van der Waals surface area contributed by atoms with Crippen LogP contribution >= 0.6 is 0 Å². The van der Waals surface area contributed by atoms with E-state index in [0.717, 1.165) is 24.6 Å². The molecule has 5 heteroatoms. The quantitative estimate of drug-likeness (QED) is 0.854. The summed E-state index contributed by atoms with van der Waals surface area (Å²) in [5.41, 5.74) is 0.965. The number of guanidine groups is 1. The molecular weight excluding hydrogens is 255 g/mol.